The van der Waals surface area contributed by atoms with Gasteiger partial charge in [-0.25, -0.2) is 0 Å². The number of hydrogen-bond donors (Lipinski definition) is 0. The Balaban J connectivity index is 1.47. The fourth-order valence-corrected chi connectivity index (χ4v) is 4.09. The van der Waals surface area contributed by atoms with Crippen molar-refractivity contribution in [3.05, 3.63) is 64.7 Å². The highest BCUT2D eigenvalue weighted by atomic mass is 35.5. The second-order valence-electron chi connectivity index (χ2n) is 7.85. The van der Waals surface area contributed by atoms with Gasteiger partial charge in [0.25, 0.3) is 0 Å². The summed E-state index contributed by atoms with van der Waals surface area (Å²) in [6.07, 6.45) is 5.51. The van der Waals surface area contributed by atoms with Gasteiger partial charge in [0.1, 0.15) is 0 Å². The first kappa shape index (κ1) is 24.6. The SMILES string of the molecule is CCOc1c(Cl)cc(/C=C/C(=O)N2CCN(C(=O)CCCc3ccccc3)CC2)cc1OC. The van der Waals surface area contributed by atoms with Crippen LogP contribution >= 0.6 is 11.6 Å². The number of hydrogen-bond acceptors (Lipinski definition) is 4. The van der Waals surface area contributed by atoms with Crippen molar-refractivity contribution in [3.8, 4) is 11.5 Å². The highest BCUT2D eigenvalue weighted by Gasteiger charge is 2.22. The van der Waals surface area contributed by atoms with Gasteiger partial charge in [0.05, 0.1) is 18.7 Å². The molecule has 0 aliphatic carbocycles. The number of nitrogens with zero attached hydrogens (tertiary/aromatic N) is 2. The first-order valence-corrected chi connectivity index (χ1v) is 11.7. The summed E-state index contributed by atoms with van der Waals surface area (Å²) in [5.41, 5.74) is 2.00. The molecule has 1 aliphatic rings. The topological polar surface area (TPSA) is 59.1 Å². The van der Waals surface area contributed by atoms with Crippen LogP contribution in [0.25, 0.3) is 6.08 Å². The van der Waals surface area contributed by atoms with E-state index in [1.54, 1.807) is 30.2 Å². The Morgan fingerprint density at radius 2 is 1.76 bits per heavy atom. The molecular weight excluding hydrogens is 440 g/mol. The van der Waals surface area contributed by atoms with Crippen LogP contribution in [0, 0.1) is 0 Å². The molecular formula is C26H31ClN2O4. The molecule has 0 aromatic heterocycles. The number of aryl methyl sites for hydroxylation is 1. The number of amides is 2. The van der Waals surface area contributed by atoms with Crippen LogP contribution in [-0.2, 0) is 16.0 Å². The number of carbonyl (C=O) groups is 2. The predicted molar refractivity (Wildman–Crippen MR) is 131 cm³/mol. The summed E-state index contributed by atoms with van der Waals surface area (Å²) in [4.78, 5) is 28.8. The number of ether oxygens (including phenoxy) is 2. The molecule has 1 fully saturated rings. The van der Waals surface area contributed by atoms with Crippen LogP contribution in [0.15, 0.2) is 48.5 Å². The normalized spacial score (nSPS) is 13.9. The van der Waals surface area contributed by atoms with Gasteiger partial charge in [0.15, 0.2) is 11.5 Å². The van der Waals surface area contributed by atoms with Crippen LogP contribution in [0.3, 0.4) is 0 Å². The molecule has 2 amide bonds. The van der Waals surface area contributed by atoms with Crippen LogP contribution in [0.2, 0.25) is 5.02 Å². The molecule has 0 unspecified atom stereocenters. The minimum Gasteiger partial charge on any atom is -0.493 e. The maximum atomic E-state index is 12.6. The van der Waals surface area contributed by atoms with Crippen LogP contribution in [0.4, 0.5) is 0 Å². The largest absolute Gasteiger partial charge is 0.493 e. The van der Waals surface area contributed by atoms with E-state index in [0.717, 1.165) is 18.4 Å². The first-order valence-electron chi connectivity index (χ1n) is 11.3. The monoisotopic (exact) mass is 470 g/mol. The third-order valence-corrected chi connectivity index (χ3v) is 5.88. The number of benzene rings is 2. The summed E-state index contributed by atoms with van der Waals surface area (Å²) < 4.78 is 10.9. The Labute approximate surface area is 200 Å². The van der Waals surface area contributed by atoms with Crippen LogP contribution in [0.1, 0.15) is 30.9 Å². The second kappa shape index (κ2) is 12.3. The van der Waals surface area contributed by atoms with Gasteiger partial charge >= 0.3 is 0 Å². The van der Waals surface area contributed by atoms with Gasteiger partial charge in [-0.1, -0.05) is 41.9 Å². The van der Waals surface area contributed by atoms with Gasteiger partial charge in [-0.05, 0) is 49.1 Å². The fourth-order valence-electron chi connectivity index (χ4n) is 3.82. The van der Waals surface area contributed by atoms with Crippen LogP contribution < -0.4 is 9.47 Å². The van der Waals surface area contributed by atoms with E-state index in [0.29, 0.717) is 55.7 Å². The van der Waals surface area contributed by atoms with Gasteiger partial charge in [0, 0.05) is 38.7 Å². The Morgan fingerprint density at radius 3 is 2.42 bits per heavy atom. The average molecular weight is 471 g/mol. The zero-order valence-corrected chi connectivity index (χ0v) is 20.0. The molecule has 2 aromatic rings. The molecule has 0 spiro atoms. The standard InChI is InChI=1S/C26H31ClN2O4/c1-3-33-26-22(27)18-21(19-23(26)32-2)12-13-25(31)29-16-14-28(15-17-29)24(30)11-7-10-20-8-5-4-6-9-20/h4-6,8-9,12-13,18-19H,3,7,10-11,14-17H2,1-2H3/b13-12+. The quantitative estimate of drug-likeness (QED) is 0.508. The summed E-state index contributed by atoms with van der Waals surface area (Å²) in [6.45, 7) is 4.53. The number of halogens is 1. The Kier molecular flexibility index (Phi) is 9.19. The molecule has 0 N–H and O–H groups in total. The first-order chi connectivity index (χ1) is 16.0. The van der Waals surface area contributed by atoms with Crippen molar-refractivity contribution in [3.63, 3.8) is 0 Å². The van der Waals surface area contributed by atoms with Crippen LogP contribution in [0.5, 0.6) is 11.5 Å². The third kappa shape index (κ3) is 6.99. The summed E-state index contributed by atoms with van der Waals surface area (Å²) in [5.74, 6) is 1.09. The number of carbonyl (C=O) groups excluding carboxylic acids is 2. The lowest BCUT2D eigenvalue weighted by Gasteiger charge is -2.34. The molecule has 176 valence electrons. The molecule has 0 radical (unpaired) electrons. The molecule has 1 aliphatic heterocycles. The minimum atomic E-state index is -0.0878. The lowest BCUT2D eigenvalue weighted by molar-refractivity contribution is -0.137. The fraction of sp³-hybridized carbons (Fsp3) is 0.385. The predicted octanol–water partition coefficient (Wildman–Crippen LogP) is 4.45. The third-order valence-electron chi connectivity index (χ3n) is 5.60. The van der Waals surface area contributed by atoms with E-state index < -0.39 is 0 Å². The zero-order valence-electron chi connectivity index (χ0n) is 19.3. The van der Waals surface area contributed by atoms with Crippen molar-refractivity contribution < 1.29 is 19.1 Å². The van der Waals surface area contributed by atoms with E-state index in [1.165, 1.54) is 11.6 Å². The molecule has 6 nitrogen and oxygen atoms in total. The van der Waals surface area contributed by atoms with Gasteiger partial charge in [-0.3, -0.25) is 9.59 Å². The van der Waals surface area contributed by atoms with Gasteiger partial charge in [-0.2, -0.15) is 0 Å². The molecule has 33 heavy (non-hydrogen) atoms. The average Bonchev–Trinajstić information content (AvgIpc) is 2.84. The summed E-state index contributed by atoms with van der Waals surface area (Å²) in [7, 11) is 1.55. The van der Waals surface area contributed by atoms with Crippen molar-refractivity contribution in [1.82, 2.24) is 9.80 Å². The zero-order chi connectivity index (χ0) is 23.6. The number of methoxy groups -OCH3 is 1. The summed E-state index contributed by atoms with van der Waals surface area (Å²) in [5, 5.41) is 0.433. The summed E-state index contributed by atoms with van der Waals surface area (Å²) in [6, 6.07) is 13.7. The Bertz CT molecular complexity index is 970. The van der Waals surface area contributed by atoms with Crippen molar-refractivity contribution in [2.45, 2.75) is 26.2 Å². The maximum absolute atomic E-state index is 12.6. The molecule has 0 atom stereocenters. The molecule has 0 saturated carbocycles. The molecule has 1 saturated heterocycles. The minimum absolute atomic E-state index is 0.0878. The smallest absolute Gasteiger partial charge is 0.246 e. The van der Waals surface area contributed by atoms with E-state index in [2.05, 4.69) is 12.1 Å². The Morgan fingerprint density at radius 1 is 1.06 bits per heavy atom. The molecule has 2 aromatic carbocycles. The Hall–Kier alpha value is -2.99. The van der Waals surface area contributed by atoms with E-state index in [-0.39, 0.29) is 11.8 Å². The molecule has 0 bridgehead atoms. The number of piperazine rings is 1. The highest BCUT2D eigenvalue weighted by molar-refractivity contribution is 6.32. The van der Waals surface area contributed by atoms with E-state index in [9.17, 15) is 9.59 Å². The van der Waals surface area contributed by atoms with E-state index >= 15 is 0 Å². The van der Waals surface area contributed by atoms with Crippen molar-refractivity contribution in [2.24, 2.45) is 0 Å². The van der Waals surface area contributed by atoms with E-state index in [1.807, 2.05) is 30.0 Å². The van der Waals surface area contributed by atoms with Crippen molar-refractivity contribution in [1.29, 1.82) is 0 Å². The molecule has 1 heterocycles. The van der Waals surface area contributed by atoms with Gasteiger partial charge in [-0.15, -0.1) is 0 Å². The lowest BCUT2D eigenvalue weighted by atomic mass is 10.1. The number of rotatable bonds is 9. The van der Waals surface area contributed by atoms with Crippen LogP contribution in [-0.4, -0.2) is 61.5 Å². The van der Waals surface area contributed by atoms with E-state index in [4.69, 9.17) is 21.1 Å². The molecule has 3 rings (SSSR count). The van der Waals surface area contributed by atoms with Crippen molar-refractivity contribution >= 4 is 29.5 Å². The maximum Gasteiger partial charge on any atom is 0.246 e. The second-order valence-corrected chi connectivity index (χ2v) is 8.25. The van der Waals surface area contributed by atoms with Gasteiger partial charge in [0.2, 0.25) is 11.8 Å². The molecule has 7 heteroatoms. The lowest BCUT2D eigenvalue weighted by Crippen LogP contribution is -2.50. The van der Waals surface area contributed by atoms with Gasteiger partial charge < -0.3 is 19.3 Å². The summed E-state index contributed by atoms with van der Waals surface area (Å²) >= 11 is 6.30. The van der Waals surface area contributed by atoms with Crippen molar-refractivity contribution in [2.75, 3.05) is 39.9 Å². The highest BCUT2D eigenvalue weighted by Crippen LogP contribution is 2.36.